The minimum Gasteiger partial charge on any atom is -0.460 e. The van der Waals surface area contributed by atoms with E-state index in [9.17, 15) is 4.79 Å². The normalized spacial score (nSPS) is 38.9. The van der Waals surface area contributed by atoms with Crippen molar-refractivity contribution >= 4 is 5.97 Å². The number of hydrogen-bond donors (Lipinski definition) is 0. The van der Waals surface area contributed by atoms with Crippen LogP contribution in [-0.4, -0.2) is 49.2 Å². The quantitative estimate of drug-likeness (QED) is 0.235. The lowest BCUT2D eigenvalue weighted by molar-refractivity contribution is -0.172. The van der Waals surface area contributed by atoms with Crippen LogP contribution in [0.1, 0.15) is 79.1 Å². The van der Waals surface area contributed by atoms with E-state index in [2.05, 4.69) is 33.8 Å². The van der Waals surface area contributed by atoms with E-state index in [-0.39, 0.29) is 41.4 Å². The van der Waals surface area contributed by atoms with Gasteiger partial charge in [0.15, 0.2) is 0 Å². The Balaban J connectivity index is 1.64. The molecule has 2 aliphatic heterocycles. The van der Waals surface area contributed by atoms with Crippen LogP contribution in [0.2, 0.25) is 0 Å². The van der Waals surface area contributed by atoms with Gasteiger partial charge in [0.1, 0.15) is 23.4 Å². The number of epoxide rings is 2. The summed E-state index contributed by atoms with van der Waals surface area (Å²) in [6.45, 7) is 9.32. The number of hydrogen-bond acceptors (Lipinski definition) is 5. The lowest BCUT2D eigenvalue weighted by Gasteiger charge is -2.42. The number of esters is 1. The zero-order chi connectivity index (χ0) is 20.4. The van der Waals surface area contributed by atoms with E-state index in [0.29, 0.717) is 6.42 Å². The third-order valence-electron chi connectivity index (χ3n) is 6.75. The monoisotopic (exact) mass is 394 g/mol. The van der Waals surface area contributed by atoms with Crippen LogP contribution in [0.15, 0.2) is 11.6 Å². The minimum atomic E-state index is -0.282. The fourth-order valence-corrected chi connectivity index (χ4v) is 4.99. The molecule has 5 nitrogen and oxygen atoms in total. The fourth-order valence-electron chi connectivity index (χ4n) is 4.99. The molecule has 0 amide bonds. The van der Waals surface area contributed by atoms with Gasteiger partial charge >= 0.3 is 5.97 Å². The first-order chi connectivity index (χ1) is 13.4. The SMILES string of the molecule is CCCCCCC(=O)O[C@@H]1CC[C@]2(CO2)[C@@H]([C@@]2(C)O[C@@H]2CC=C(C)C)[C@@H]1OC. The molecule has 0 aromatic carbocycles. The number of carbonyl (C=O) groups is 1. The topological polar surface area (TPSA) is 60.6 Å². The molecular formula is C23H38O5. The summed E-state index contributed by atoms with van der Waals surface area (Å²) < 4.78 is 24.0. The van der Waals surface area contributed by atoms with Gasteiger partial charge in [-0.15, -0.1) is 0 Å². The van der Waals surface area contributed by atoms with Gasteiger partial charge in [-0.3, -0.25) is 4.79 Å². The Labute approximate surface area is 170 Å². The summed E-state index contributed by atoms with van der Waals surface area (Å²) >= 11 is 0. The highest BCUT2D eigenvalue weighted by Crippen LogP contribution is 2.59. The molecule has 0 radical (unpaired) electrons. The molecule has 5 heteroatoms. The van der Waals surface area contributed by atoms with Gasteiger partial charge in [0.25, 0.3) is 0 Å². The summed E-state index contributed by atoms with van der Waals surface area (Å²) in [5.41, 5.74) is 0.853. The van der Waals surface area contributed by atoms with Crippen LogP contribution in [0.5, 0.6) is 0 Å². The molecule has 3 fully saturated rings. The van der Waals surface area contributed by atoms with Crippen LogP contribution in [0.3, 0.4) is 0 Å². The zero-order valence-corrected chi connectivity index (χ0v) is 18.3. The second kappa shape index (κ2) is 8.85. The number of unbranched alkanes of at least 4 members (excludes halogenated alkanes) is 3. The molecule has 1 saturated carbocycles. The Hall–Kier alpha value is -0.910. The highest BCUT2D eigenvalue weighted by molar-refractivity contribution is 5.69. The molecule has 160 valence electrons. The van der Waals surface area contributed by atoms with Crippen LogP contribution < -0.4 is 0 Å². The van der Waals surface area contributed by atoms with Crippen LogP contribution in [0, 0.1) is 5.92 Å². The molecule has 6 atom stereocenters. The predicted molar refractivity (Wildman–Crippen MR) is 108 cm³/mol. The van der Waals surface area contributed by atoms with E-state index in [0.717, 1.165) is 38.7 Å². The first-order valence-electron chi connectivity index (χ1n) is 11.0. The van der Waals surface area contributed by atoms with Crippen molar-refractivity contribution in [3.05, 3.63) is 11.6 Å². The van der Waals surface area contributed by atoms with Gasteiger partial charge < -0.3 is 18.9 Å². The maximum absolute atomic E-state index is 12.4. The molecule has 3 rings (SSSR count). The molecule has 28 heavy (non-hydrogen) atoms. The molecule has 1 spiro atoms. The molecule has 0 N–H and O–H groups in total. The van der Waals surface area contributed by atoms with E-state index >= 15 is 0 Å². The van der Waals surface area contributed by atoms with Gasteiger partial charge in [-0.25, -0.2) is 0 Å². The number of allylic oxidation sites excluding steroid dienone is 1. The van der Waals surface area contributed by atoms with Gasteiger partial charge in [-0.1, -0.05) is 37.8 Å². The van der Waals surface area contributed by atoms with Gasteiger partial charge in [0, 0.05) is 13.5 Å². The number of ether oxygens (including phenoxy) is 4. The number of carbonyl (C=O) groups excluding carboxylic acids is 1. The Morgan fingerprint density at radius 2 is 2.00 bits per heavy atom. The van der Waals surface area contributed by atoms with Crippen molar-refractivity contribution in [3.63, 3.8) is 0 Å². The maximum Gasteiger partial charge on any atom is 0.306 e. The van der Waals surface area contributed by atoms with Gasteiger partial charge in [-0.2, -0.15) is 0 Å². The summed E-state index contributed by atoms with van der Waals surface area (Å²) in [5.74, 6) is -0.00951. The highest BCUT2D eigenvalue weighted by Gasteiger charge is 2.72. The third-order valence-corrected chi connectivity index (χ3v) is 6.75. The maximum atomic E-state index is 12.4. The predicted octanol–water partition coefficient (Wildman–Crippen LogP) is 4.58. The van der Waals surface area contributed by atoms with E-state index in [1.54, 1.807) is 7.11 Å². The number of rotatable bonds is 10. The molecule has 0 unspecified atom stereocenters. The third kappa shape index (κ3) is 4.63. The van der Waals surface area contributed by atoms with Crippen molar-refractivity contribution in [2.75, 3.05) is 13.7 Å². The van der Waals surface area contributed by atoms with Gasteiger partial charge in [-0.05, 0) is 46.5 Å². The first kappa shape index (κ1) is 21.8. The Morgan fingerprint density at radius 3 is 2.61 bits per heavy atom. The second-order valence-electron chi connectivity index (χ2n) is 9.22. The Bertz CT molecular complexity index is 578. The lowest BCUT2D eigenvalue weighted by Crippen LogP contribution is -2.55. The molecule has 3 aliphatic rings. The average molecular weight is 395 g/mol. The molecule has 1 aliphatic carbocycles. The van der Waals surface area contributed by atoms with Crippen molar-refractivity contribution < 1.29 is 23.7 Å². The van der Waals surface area contributed by atoms with Gasteiger partial charge in [0.2, 0.25) is 0 Å². The number of methoxy groups -OCH3 is 1. The molecule has 0 aromatic rings. The van der Waals surface area contributed by atoms with E-state index < -0.39 is 0 Å². The summed E-state index contributed by atoms with van der Waals surface area (Å²) in [5, 5.41) is 0. The van der Waals surface area contributed by atoms with Gasteiger partial charge in [0.05, 0.1) is 18.6 Å². The van der Waals surface area contributed by atoms with Crippen LogP contribution >= 0.6 is 0 Å². The lowest BCUT2D eigenvalue weighted by atomic mass is 9.68. The summed E-state index contributed by atoms with van der Waals surface area (Å²) in [7, 11) is 1.72. The highest BCUT2D eigenvalue weighted by atomic mass is 16.6. The summed E-state index contributed by atoms with van der Waals surface area (Å²) in [4.78, 5) is 12.4. The second-order valence-corrected chi connectivity index (χ2v) is 9.22. The smallest absolute Gasteiger partial charge is 0.306 e. The van der Waals surface area contributed by atoms with E-state index in [1.165, 1.54) is 18.4 Å². The van der Waals surface area contributed by atoms with E-state index in [1.807, 2.05) is 0 Å². The molecule has 0 aromatic heterocycles. The average Bonchev–Trinajstić information content (AvgIpc) is 3.56. The molecule has 0 bridgehead atoms. The largest absolute Gasteiger partial charge is 0.460 e. The summed E-state index contributed by atoms with van der Waals surface area (Å²) in [6.07, 6.45) is 9.43. The summed E-state index contributed by atoms with van der Waals surface area (Å²) in [6, 6.07) is 0. The first-order valence-corrected chi connectivity index (χ1v) is 11.0. The van der Waals surface area contributed by atoms with Crippen LogP contribution in [0.25, 0.3) is 0 Å². The van der Waals surface area contributed by atoms with Crippen molar-refractivity contribution in [3.8, 4) is 0 Å². The van der Waals surface area contributed by atoms with Crippen LogP contribution in [-0.2, 0) is 23.7 Å². The fraction of sp³-hybridized carbons (Fsp3) is 0.870. The molecular weight excluding hydrogens is 356 g/mol. The zero-order valence-electron chi connectivity index (χ0n) is 18.3. The van der Waals surface area contributed by atoms with Crippen molar-refractivity contribution in [1.82, 2.24) is 0 Å². The standard InChI is InChI=1S/C23H38O5/c1-6-7-8-9-10-19(24)27-17-13-14-23(15-26-23)21(20(17)25-5)22(4)18(28-22)12-11-16(2)3/h11,17-18,20-21H,6-10,12-15H2,1-5H3/t17-,18-,20-,21-,22+,23+/m1/s1. The van der Waals surface area contributed by atoms with Crippen molar-refractivity contribution in [1.29, 1.82) is 0 Å². The molecule has 2 heterocycles. The Kier molecular flexibility index (Phi) is 6.88. The van der Waals surface area contributed by atoms with Crippen LogP contribution in [0.4, 0.5) is 0 Å². The molecule has 2 saturated heterocycles. The Morgan fingerprint density at radius 1 is 1.25 bits per heavy atom. The van der Waals surface area contributed by atoms with Crippen molar-refractivity contribution in [2.45, 2.75) is 109 Å². The van der Waals surface area contributed by atoms with E-state index in [4.69, 9.17) is 18.9 Å². The van der Waals surface area contributed by atoms with Crippen molar-refractivity contribution in [2.24, 2.45) is 5.92 Å². The minimum absolute atomic E-state index is 0.0900.